The molecule has 2 N–H and O–H groups in total. The third-order valence-electron chi connectivity index (χ3n) is 4.08. The molecule has 3 unspecified atom stereocenters. The monoisotopic (exact) mass is 259 g/mol. The van der Waals surface area contributed by atoms with Crippen molar-refractivity contribution in [3.05, 3.63) is 29.8 Å². The van der Waals surface area contributed by atoms with Crippen molar-refractivity contribution >= 4 is 11.6 Å². The lowest BCUT2D eigenvalue weighted by Crippen LogP contribution is -2.60. The number of benzene rings is 1. The van der Waals surface area contributed by atoms with Crippen LogP contribution in [0.1, 0.15) is 19.4 Å². The molecule has 0 bridgehead atoms. The van der Waals surface area contributed by atoms with Gasteiger partial charge in [-0.05, 0) is 31.9 Å². The minimum Gasteiger partial charge on any atom is -0.311 e. The van der Waals surface area contributed by atoms with Gasteiger partial charge in [-0.25, -0.2) is 0 Å². The third kappa shape index (κ3) is 2.26. The van der Waals surface area contributed by atoms with Gasteiger partial charge in [0.25, 0.3) is 0 Å². The summed E-state index contributed by atoms with van der Waals surface area (Å²) in [5.41, 5.74) is 2.36. The first kappa shape index (κ1) is 12.6. The molecule has 2 aliphatic rings. The first-order valence-electron chi connectivity index (χ1n) is 7.04. The maximum absolute atomic E-state index is 12.7. The summed E-state index contributed by atoms with van der Waals surface area (Å²) in [6.45, 7) is 5.81. The normalized spacial score (nSPS) is 30.2. The zero-order valence-corrected chi connectivity index (χ0v) is 11.5. The van der Waals surface area contributed by atoms with E-state index in [1.807, 2.05) is 17.0 Å². The second-order valence-electron chi connectivity index (χ2n) is 5.66. The Bertz CT molecular complexity index is 480. The lowest BCUT2D eigenvalue weighted by atomic mass is 10.1. The van der Waals surface area contributed by atoms with Gasteiger partial charge in [0.1, 0.15) is 0 Å². The Morgan fingerprint density at radius 1 is 1.21 bits per heavy atom. The van der Waals surface area contributed by atoms with Crippen LogP contribution in [-0.4, -0.2) is 37.1 Å². The van der Waals surface area contributed by atoms with E-state index in [1.54, 1.807) is 0 Å². The molecule has 4 nitrogen and oxygen atoms in total. The van der Waals surface area contributed by atoms with Crippen LogP contribution in [0.5, 0.6) is 0 Å². The smallest absolute Gasteiger partial charge is 0.245 e. The zero-order valence-electron chi connectivity index (χ0n) is 11.5. The summed E-state index contributed by atoms with van der Waals surface area (Å²) < 4.78 is 0. The number of rotatable bonds is 1. The van der Waals surface area contributed by atoms with Gasteiger partial charge in [0.15, 0.2) is 0 Å². The quantitative estimate of drug-likeness (QED) is 0.788. The average molecular weight is 259 g/mol. The van der Waals surface area contributed by atoms with E-state index in [2.05, 4.69) is 36.6 Å². The number of carbonyl (C=O) groups excluding carboxylic acids is 1. The highest BCUT2D eigenvalue weighted by Gasteiger charge is 2.35. The summed E-state index contributed by atoms with van der Waals surface area (Å²) >= 11 is 0. The molecule has 3 rings (SSSR count). The highest BCUT2D eigenvalue weighted by molar-refractivity contribution is 5.99. The van der Waals surface area contributed by atoms with Crippen LogP contribution in [0.25, 0.3) is 0 Å². The number of nitrogens with one attached hydrogen (secondary N) is 2. The van der Waals surface area contributed by atoms with E-state index >= 15 is 0 Å². The summed E-state index contributed by atoms with van der Waals surface area (Å²) in [4.78, 5) is 14.7. The van der Waals surface area contributed by atoms with Crippen molar-refractivity contribution in [1.82, 2.24) is 10.6 Å². The van der Waals surface area contributed by atoms with Crippen molar-refractivity contribution in [1.29, 1.82) is 0 Å². The van der Waals surface area contributed by atoms with E-state index in [-0.39, 0.29) is 18.0 Å². The predicted molar refractivity (Wildman–Crippen MR) is 76.3 cm³/mol. The molecule has 4 heteroatoms. The van der Waals surface area contributed by atoms with Gasteiger partial charge in [-0.3, -0.25) is 4.79 Å². The number of carbonyl (C=O) groups is 1. The van der Waals surface area contributed by atoms with Gasteiger partial charge in [-0.2, -0.15) is 0 Å². The summed E-state index contributed by atoms with van der Waals surface area (Å²) in [5.74, 6) is 0.192. The van der Waals surface area contributed by atoms with Crippen molar-refractivity contribution in [3.8, 4) is 0 Å². The Hall–Kier alpha value is -1.39. The molecule has 0 aliphatic carbocycles. The van der Waals surface area contributed by atoms with Gasteiger partial charge < -0.3 is 15.5 Å². The fourth-order valence-corrected chi connectivity index (χ4v) is 3.03. The van der Waals surface area contributed by atoms with Crippen LogP contribution < -0.4 is 15.5 Å². The van der Waals surface area contributed by atoms with E-state index in [4.69, 9.17) is 0 Å². The van der Waals surface area contributed by atoms with Crippen molar-refractivity contribution in [2.75, 3.05) is 18.0 Å². The molecule has 0 spiro atoms. The van der Waals surface area contributed by atoms with Gasteiger partial charge >= 0.3 is 0 Å². The topological polar surface area (TPSA) is 44.4 Å². The van der Waals surface area contributed by atoms with Crippen molar-refractivity contribution in [2.24, 2.45) is 0 Å². The minimum absolute atomic E-state index is 0.107. The van der Waals surface area contributed by atoms with E-state index < -0.39 is 0 Å². The molecular weight excluding hydrogens is 238 g/mol. The number of nitrogens with zero attached hydrogens (tertiary/aromatic N) is 1. The van der Waals surface area contributed by atoms with Crippen LogP contribution in [0, 0.1) is 0 Å². The van der Waals surface area contributed by atoms with E-state index in [1.165, 1.54) is 5.56 Å². The van der Waals surface area contributed by atoms with Crippen LogP contribution in [0.2, 0.25) is 0 Å². The van der Waals surface area contributed by atoms with E-state index in [9.17, 15) is 4.79 Å². The number of piperazine rings is 1. The molecule has 2 aliphatic heterocycles. The van der Waals surface area contributed by atoms with Crippen LogP contribution >= 0.6 is 0 Å². The SMILES string of the molecule is CC1CNC(C(=O)N2c3ccccc3CC2C)CN1. The van der Waals surface area contributed by atoms with Gasteiger partial charge in [0.05, 0.1) is 6.04 Å². The lowest BCUT2D eigenvalue weighted by Gasteiger charge is -2.33. The fourth-order valence-electron chi connectivity index (χ4n) is 3.03. The second kappa shape index (κ2) is 4.94. The number of hydrogen-bond donors (Lipinski definition) is 2. The molecule has 19 heavy (non-hydrogen) atoms. The molecule has 3 atom stereocenters. The summed E-state index contributed by atoms with van der Waals surface area (Å²) in [6.07, 6.45) is 0.957. The van der Waals surface area contributed by atoms with Crippen LogP contribution in [0.3, 0.4) is 0 Å². The summed E-state index contributed by atoms with van der Waals surface area (Å²) in [5, 5.41) is 6.71. The highest BCUT2D eigenvalue weighted by Crippen LogP contribution is 2.32. The maximum Gasteiger partial charge on any atom is 0.245 e. The molecule has 0 radical (unpaired) electrons. The number of para-hydroxylation sites is 1. The van der Waals surface area contributed by atoms with Crippen molar-refractivity contribution < 1.29 is 4.79 Å². The van der Waals surface area contributed by atoms with E-state index in [0.717, 1.165) is 18.7 Å². The average Bonchev–Trinajstić information content (AvgIpc) is 2.74. The fraction of sp³-hybridized carbons (Fsp3) is 0.533. The number of fused-ring (bicyclic) bond motifs is 1. The Kier molecular flexibility index (Phi) is 3.29. The minimum atomic E-state index is -0.107. The van der Waals surface area contributed by atoms with Crippen molar-refractivity contribution in [3.63, 3.8) is 0 Å². The Morgan fingerprint density at radius 2 is 2.00 bits per heavy atom. The zero-order chi connectivity index (χ0) is 13.4. The molecule has 0 saturated carbocycles. The molecule has 1 saturated heterocycles. The van der Waals surface area contributed by atoms with Crippen molar-refractivity contribution in [2.45, 2.75) is 38.4 Å². The first-order valence-corrected chi connectivity index (χ1v) is 7.04. The Morgan fingerprint density at radius 3 is 2.74 bits per heavy atom. The number of anilines is 1. The first-order chi connectivity index (χ1) is 9.16. The predicted octanol–water partition coefficient (Wildman–Crippen LogP) is 0.914. The summed E-state index contributed by atoms with van der Waals surface area (Å²) in [7, 11) is 0. The Labute approximate surface area is 114 Å². The standard InChI is InChI=1S/C15H21N3O/c1-10-8-17-13(9-16-10)15(19)18-11(2)7-12-5-3-4-6-14(12)18/h3-6,10-11,13,16-17H,7-9H2,1-2H3. The molecule has 1 amide bonds. The van der Waals surface area contributed by atoms with Gasteiger partial charge in [0, 0.05) is 30.9 Å². The van der Waals surface area contributed by atoms with Gasteiger partial charge in [-0.15, -0.1) is 0 Å². The van der Waals surface area contributed by atoms with Crippen LogP contribution in [-0.2, 0) is 11.2 Å². The Balaban J connectivity index is 1.80. The second-order valence-corrected chi connectivity index (χ2v) is 5.66. The number of hydrogen-bond acceptors (Lipinski definition) is 3. The number of amides is 1. The molecule has 0 aromatic heterocycles. The highest BCUT2D eigenvalue weighted by atomic mass is 16.2. The van der Waals surface area contributed by atoms with Crippen LogP contribution in [0.15, 0.2) is 24.3 Å². The molecule has 1 aromatic carbocycles. The van der Waals surface area contributed by atoms with Gasteiger partial charge in [0.2, 0.25) is 5.91 Å². The molecule has 1 aromatic rings. The van der Waals surface area contributed by atoms with Crippen LogP contribution in [0.4, 0.5) is 5.69 Å². The van der Waals surface area contributed by atoms with Gasteiger partial charge in [-0.1, -0.05) is 18.2 Å². The largest absolute Gasteiger partial charge is 0.311 e. The summed E-state index contributed by atoms with van der Waals surface area (Å²) in [6, 6.07) is 8.81. The lowest BCUT2D eigenvalue weighted by molar-refractivity contribution is -0.121. The van der Waals surface area contributed by atoms with E-state index in [0.29, 0.717) is 12.6 Å². The molecular formula is C15H21N3O. The maximum atomic E-state index is 12.7. The third-order valence-corrected chi connectivity index (χ3v) is 4.08. The molecule has 102 valence electrons. The molecule has 1 fully saturated rings. The molecule has 2 heterocycles.